The number of hydrogen-bond acceptors (Lipinski definition) is 1. The average molecular weight is 413 g/mol. The highest BCUT2D eigenvalue weighted by atomic mass is 31.2. The van der Waals surface area contributed by atoms with Crippen molar-refractivity contribution in [3.63, 3.8) is 0 Å². The number of fused-ring (bicyclic) bond motifs is 3. The highest BCUT2D eigenvalue weighted by molar-refractivity contribution is 7.60. The highest BCUT2D eigenvalue weighted by Gasteiger charge is 2.17. The number of para-hydroxylation sites is 1. The van der Waals surface area contributed by atoms with Crippen molar-refractivity contribution in [2.45, 2.75) is 6.92 Å². The molecular weight excluding hydrogens is 393 g/mol. The number of benzene rings is 4. The molecule has 5 rings (SSSR count). The maximum atomic E-state index is 11.6. The van der Waals surface area contributed by atoms with Crippen LogP contribution >= 0.6 is 7.60 Å². The van der Waals surface area contributed by atoms with Crippen LogP contribution in [-0.4, -0.2) is 14.4 Å². The van der Waals surface area contributed by atoms with Gasteiger partial charge in [-0.1, -0.05) is 54.6 Å². The number of aromatic nitrogens is 1. The molecular formula is C25H20NO3P. The van der Waals surface area contributed by atoms with Crippen molar-refractivity contribution in [1.29, 1.82) is 0 Å². The van der Waals surface area contributed by atoms with Crippen molar-refractivity contribution in [2.75, 3.05) is 0 Å². The van der Waals surface area contributed by atoms with Crippen LogP contribution in [0.1, 0.15) is 5.56 Å². The Hall–Kier alpha value is -3.17. The van der Waals surface area contributed by atoms with Gasteiger partial charge in [-0.15, -0.1) is 0 Å². The van der Waals surface area contributed by atoms with Crippen LogP contribution in [-0.2, 0) is 4.57 Å². The summed E-state index contributed by atoms with van der Waals surface area (Å²) in [5, 5.41) is 2.46. The first-order chi connectivity index (χ1) is 14.4. The SMILES string of the molecule is Cc1ccc2c3ccccc3n(-c3ccc(-c4cccc(P(=O)(O)O)c4)cc3)c2c1. The second kappa shape index (κ2) is 6.96. The van der Waals surface area contributed by atoms with Gasteiger partial charge in [0.15, 0.2) is 0 Å². The zero-order valence-electron chi connectivity index (χ0n) is 16.4. The van der Waals surface area contributed by atoms with E-state index in [0.717, 1.165) is 27.8 Å². The predicted molar refractivity (Wildman–Crippen MR) is 123 cm³/mol. The highest BCUT2D eigenvalue weighted by Crippen LogP contribution is 2.35. The van der Waals surface area contributed by atoms with Gasteiger partial charge in [0.1, 0.15) is 0 Å². The molecule has 0 amide bonds. The molecule has 5 aromatic rings. The third kappa shape index (κ3) is 3.16. The topological polar surface area (TPSA) is 62.5 Å². The molecule has 0 radical (unpaired) electrons. The molecule has 0 atom stereocenters. The predicted octanol–water partition coefficient (Wildman–Crippen LogP) is 5.56. The zero-order valence-corrected chi connectivity index (χ0v) is 17.3. The first kappa shape index (κ1) is 18.8. The molecule has 2 N–H and O–H groups in total. The second-order valence-electron chi connectivity index (χ2n) is 7.51. The number of nitrogens with zero attached hydrogens (tertiary/aromatic N) is 1. The van der Waals surface area contributed by atoms with Crippen molar-refractivity contribution >= 4 is 34.7 Å². The minimum absolute atomic E-state index is 0.0296. The van der Waals surface area contributed by atoms with Crippen molar-refractivity contribution in [3.05, 3.63) is 96.6 Å². The summed E-state index contributed by atoms with van der Waals surface area (Å²) in [5.41, 5.74) is 6.24. The van der Waals surface area contributed by atoms with Crippen LogP contribution in [0.2, 0.25) is 0 Å². The minimum Gasteiger partial charge on any atom is -0.321 e. The molecule has 0 aliphatic carbocycles. The lowest BCUT2D eigenvalue weighted by Gasteiger charge is -2.11. The molecule has 0 bridgehead atoms. The summed E-state index contributed by atoms with van der Waals surface area (Å²) >= 11 is 0. The molecule has 30 heavy (non-hydrogen) atoms. The van der Waals surface area contributed by atoms with Gasteiger partial charge in [-0.05, 0) is 60.0 Å². The Labute approximate surface area is 174 Å². The van der Waals surface area contributed by atoms with E-state index in [4.69, 9.17) is 0 Å². The third-order valence-corrected chi connectivity index (χ3v) is 6.42. The molecule has 0 fully saturated rings. The summed E-state index contributed by atoms with van der Waals surface area (Å²) in [6.07, 6.45) is 0. The van der Waals surface area contributed by atoms with Gasteiger partial charge >= 0.3 is 7.60 Å². The van der Waals surface area contributed by atoms with Crippen molar-refractivity contribution in [1.82, 2.24) is 4.57 Å². The van der Waals surface area contributed by atoms with Crippen LogP contribution in [0.4, 0.5) is 0 Å². The van der Waals surface area contributed by atoms with Gasteiger partial charge in [-0.3, -0.25) is 4.57 Å². The van der Waals surface area contributed by atoms with Gasteiger partial charge in [0.2, 0.25) is 0 Å². The summed E-state index contributed by atoms with van der Waals surface area (Å²) in [4.78, 5) is 18.9. The fourth-order valence-electron chi connectivity index (χ4n) is 4.03. The maximum Gasteiger partial charge on any atom is 0.356 e. The lowest BCUT2D eigenvalue weighted by atomic mass is 10.1. The number of hydrogen-bond donors (Lipinski definition) is 2. The molecule has 0 aliphatic rings. The second-order valence-corrected chi connectivity index (χ2v) is 9.12. The molecule has 148 valence electrons. The quantitative estimate of drug-likeness (QED) is 0.381. The summed E-state index contributed by atoms with van der Waals surface area (Å²) in [6, 6.07) is 29.5. The Morgan fingerprint density at radius 3 is 2.20 bits per heavy atom. The van der Waals surface area contributed by atoms with E-state index in [1.807, 2.05) is 36.4 Å². The van der Waals surface area contributed by atoms with Crippen LogP contribution in [0.25, 0.3) is 38.6 Å². The Morgan fingerprint density at radius 2 is 1.43 bits per heavy atom. The zero-order chi connectivity index (χ0) is 20.9. The molecule has 4 aromatic carbocycles. The van der Waals surface area contributed by atoms with Gasteiger partial charge < -0.3 is 14.4 Å². The molecule has 0 saturated carbocycles. The largest absolute Gasteiger partial charge is 0.356 e. The molecule has 4 nitrogen and oxygen atoms in total. The average Bonchev–Trinajstić information content (AvgIpc) is 3.07. The van der Waals surface area contributed by atoms with E-state index in [9.17, 15) is 14.4 Å². The standard InChI is InChI=1S/C25H20NO3P/c1-17-9-14-23-22-7-2-3-8-24(22)26(25(23)15-17)20-12-10-18(11-13-20)19-5-4-6-21(16-19)30(27,28)29/h2-16H,1H3,(H2,27,28,29). The summed E-state index contributed by atoms with van der Waals surface area (Å²) < 4.78 is 13.9. The molecule has 1 heterocycles. The Kier molecular flexibility index (Phi) is 4.37. The molecule has 5 heteroatoms. The van der Waals surface area contributed by atoms with Gasteiger partial charge in [-0.25, -0.2) is 0 Å². The van der Waals surface area contributed by atoms with E-state index in [1.54, 1.807) is 12.1 Å². The third-order valence-electron chi connectivity index (χ3n) is 5.47. The van der Waals surface area contributed by atoms with E-state index in [1.165, 1.54) is 22.4 Å². The van der Waals surface area contributed by atoms with Crippen LogP contribution in [0.5, 0.6) is 0 Å². The van der Waals surface area contributed by atoms with Crippen molar-refractivity contribution < 1.29 is 14.4 Å². The fourth-order valence-corrected chi connectivity index (χ4v) is 4.62. The molecule has 0 aliphatic heterocycles. The summed E-state index contributed by atoms with van der Waals surface area (Å²) in [5.74, 6) is 0. The van der Waals surface area contributed by atoms with Crippen molar-refractivity contribution in [3.8, 4) is 16.8 Å². The molecule has 0 saturated heterocycles. The van der Waals surface area contributed by atoms with E-state index < -0.39 is 7.60 Å². The van der Waals surface area contributed by atoms with E-state index >= 15 is 0 Å². The Balaban J connectivity index is 1.66. The van der Waals surface area contributed by atoms with Gasteiger partial charge in [0.05, 0.1) is 16.3 Å². The normalized spacial score (nSPS) is 12.0. The fraction of sp³-hybridized carbons (Fsp3) is 0.0400. The van der Waals surface area contributed by atoms with Gasteiger partial charge in [0, 0.05) is 16.5 Å². The van der Waals surface area contributed by atoms with Gasteiger partial charge in [-0.2, -0.15) is 0 Å². The van der Waals surface area contributed by atoms with Gasteiger partial charge in [0.25, 0.3) is 0 Å². The lowest BCUT2D eigenvalue weighted by Crippen LogP contribution is -2.03. The van der Waals surface area contributed by atoms with E-state index in [0.29, 0.717) is 0 Å². The first-order valence-electron chi connectivity index (χ1n) is 9.69. The molecule has 0 unspecified atom stereocenters. The van der Waals surface area contributed by atoms with Crippen LogP contribution in [0.3, 0.4) is 0 Å². The minimum atomic E-state index is -4.28. The van der Waals surface area contributed by atoms with E-state index in [2.05, 4.69) is 47.9 Å². The lowest BCUT2D eigenvalue weighted by molar-refractivity contribution is 0.387. The van der Waals surface area contributed by atoms with Crippen LogP contribution < -0.4 is 5.30 Å². The maximum absolute atomic E-state index is 11.6. The van der Waals surface area contributed by atoms with E-state index in [-0.39, 0.29) is 5.30 Å². The number of rotatable bonds is 3. The van der Waals surface area contributed by atoms with Crippen LogP contribution in [0.15, 0.2) is 91.0 Å². The Bertz CT molecular complexity index is 1450. The summed E-state index contributed by atoms with van der Waals surface area (Å²) in [6.45, 7) is 2.10. The number of aryl methyl sites for hydroxylation is 1. The van der Waals surface area contributed by atoms with Crippen LogP contribution in [0, 0.1) is 6.92 Å². The first-order valence-corrected chi connectivity index (χ1v) is 11.3. The smallest absolute Gasteiger partial charge is 0.321 e. The van der Waals surface area contributed by atoms with Crippen molar-refractivity contribution in [2.24, 2.45) is 0 Å². The molecule has 1 aromatic heterocycles. The monoisotopic (exact) mass is 413 g/mol. The summed E-state index contributed by atoms with van der Waals surface area (Å²) in [7, 11) is -4.28. The molecule has 0 spiro atoms. The Morgan fingerprint density at radius 1 is 0.700 bits per heavy atom.